The van der Waals surface area contributed by atoms with Gasteiger partial charge in [-0.25, -0.2) is 0 Å². The Kier molecular flexibility index (Phi) is 14.9. The second kappa shape index (κ2) is 19.4. The summed E-state index contributed by atoms with van der Waals surface area (Å²) in [4.78, 5) is 15.0. The monoisotopic (exact) mass is 839 g/mol. The number of esters is 1. The van der Waals surface area contributed by atoms with E-state index in [1.54, 1.807) is 0 Å². The zero-order valence-corrected chi connectivity index (χ0v) is 39.5. The molecule has 0 aromatic heterocycles. The summed E-state index contributed by atoms with van der Waals surface area (Å²) >= 11 is 0. The Labute approximate surface area is 358 Å². The van der Waals surface area contributed by atoms with Crippen LogP contribution in [0.1, 0.15) is 120 Å². The summed E-state index contributed by atoms with van der Waals surface area (Å²) in [6, 6.07) is 24.5. The van der Waals surface area contributed by atoms with Gasteiger partial charge in [0.05, 0.1) is 23.9 Å². The van der Waals surface area contributed by atoms with Crippen molar-refractivity contribution in [3.63, 3.8) is 0 Å². The Bertz CT molecular complexity index is 1760. The van der Waals surface area contributed by atoms with Crippen molar-refractivity contribution in [1.29, 1.82) is 0 Å². The van der Waals surface area contributed by atoms with Crippen LogP contribution in [0, 0.1) is 23.2 Å². The van der Waals surface area contributed by atoms with E-state index in [0.29, 0.717) is 32.3 Å². The molecule has 8 heteroatoms. The number of aliphatic hydroxyl groups excluding tert-OH is 1. The van der Waals surface area contributed by atoms with E-state index in [2.05, 4.69) is 140 Å². The minimum Gasteiger partial charge on any atom is -0.546 e. The van der Waals surface area contributed by atoms with Crippen LogP contribution in [0.25, 0.3) is 0 Å². The molecule has 6 nitrogen and oxygen atoms in total. The fourth-order valence-corrected chi connectivity index (χ4v) is 18.3. The van der Waals surface area contributed by atoms with Gasteiger partial charge in [-0.05, 0) is 117 Å². The van der Waals surface area contributed by atoms with E-state index in [1.165, 1.54) is 10.4 Å². The molecule has 2 aliphatic carbocycles. The molecule has 2 fully saturated rings. The van der Waals surface area contributed by atoms with Crippen LogP contribution in [-0.4, -0.2) is 52.3 Å². The minimum absolute atomic E-state index is 0.114. The van der Waals surface area contributed by atoms with Gasteiger partial charge in [0.2, 0.25) is 14.1 Å². The number of carbonyl (C=O) groups is 1. The van der Waals surface area contributed by atoms with Crippen LogP contribution in [0.3, 0.4) is 0 Å². The molecule has 6 rings (SSSR count). The van der Waals surface area contributed by atoms with Crippen molar-refractivity contribution in [2.75, 3.05) is 6.61 Å². The zero-order chi connectivity index (χ0) is 42.3. The lowest BCUT2D eigenvalue weighted by atomic mass is 9.60. The SMILES string of the molecule is C/C=C/CCCCCC1C=C2C3(CCO[Si](c4ccccc4)(c4ccccc4)C(C)(C)C)CC=C(O[Si](CC)(CC)CC)C4C1C[C@H]([C@@H](O)CC/C=C/C)OC24OC3=O. The van der Waals surface area contributed by atoms with Crippen molar-refractivity contribution in [1.82, 2.24) is 0 Å². The van der Waals surface area contributed by atoms with Crippen molar-refractivity contribution in [2.45, 2.75) is 161 Å². The molecule has 1 N–H and O–H groups in total. The minimum atomic E-state index is -2.89. The van der Waals surface area contributed by atoms with Gasteiger partial charge in [0.25, 0.3) is 8.32 Å². The first-order valence-corrected chi connectivity index (χ1v) is 27.5. The molecule has 4 aliphatic rings. The first-order chi connectivity index (χ1) is 28.4. The second-order valence-electron chi connectivity index (χ2n) is 18.8. The normalized spacial score (nSPS) is 27.4. The van der Waals surface area contributed by atoms with Gasteiger partial charge < -0.3 is 23.4 Å². The Morgan fingerprint density at radius 1 is 0.898 bits per heavy atom. The van der Waals surface area contributed by atoms with Crippen LogP contribution in [0.2, 0.25) is 23.2 Å². The van der Waals surface area contributed by atoms with E-state index in [-0.39, 0.29) is 28.8 Å². The molecule has 0 saturated carbocycles. The molecule has 2 aromatic carbocycles. The lowest BCUT2D eigenvalue weighted by Gasteiger charge is -2.54. The third-order valence-electron chi connectivity index (χ3n) is 14.6. The number of ether oxygens (including phenoxy) is 2. The second-order valence-corrected chi connectivity index (χ2v) is 27.8. The largest absolute Gasteiger partial charge is 0.546 e. The summed E-state index contributed by atoms with van der Waals surface area (Å²) < 4.78 is 29.1. The lowest BCUT2D eigenvalue weighted by molar-refractivity contribution is -0.290. The van der Waals surface area contributed by atoms with Crippen LogP contribution in [0.4, 0.5) is 0 Å². The molecule has 2 aromatic rings. The van der Waals surface area contributed by atoms with E-state index >= 15 is 4.79 Å². The molecule has 5 unspecified atom stereocenters. The summed E-state index contributed by atoms with van der Waals surface area (Å²) in [7, 11) is -5.03. The Balaban J connectivity index is 1.46. The molecular formula is C51H74O6Si2. The number of allylic oxidation sites excluding steroid dienone is 6. The van der Waals surface area contributed by atoms with Crippen molar-refractivity contribution in [3.8, 4) is 0 Å². The summed E-state index contributed by atoms with van der Waals surface area (Å²) in [5, 5.41) is 14.1. The number of carbonyl (C=O) groups excluding carboxylic acids is 1. The molecule has 2 heterocycles. The Morgan fingerprint density at radius 3 is 2.12 bits per heavy atom. The van der Waals surface area contributed by atoms with E-state index in [1.807, 2.05) is 13.0 Å². The van der Waals surface area contributed by atoms with Crippen LogP contribution in [0.15, 0.2) is 108 Å². The molecule has 2 aliphatic heterocycles. The summed E-state index contributed by atoms with van der Waals surface area (Å²) in [6.07, 6.45) is 20.7. The van der Waals surface area contributed by atoms with Crippen LogP contribution in [0.5, 0.6) is 0 Å². The molecule has 2 saturated heterocycles. The first-order valence-electron chi connectivity index (χ1n) is 23.1. The maximum absolute atomic E-state index is 15.0. The van der Waals surface area contributed by atoms with Crippen LogP contribution >= 0.6 is 0 Å². The number of unbranched alkanes of at least 4 members (excludes halogenated alkanes) is 3. The summed E-state index contributed by atoms with van der Waals surface area (Å²) in [6.45, 7) is 18.2. The third kappa shape index (κ3) is 8.73. The zero-order valence-electron chi connectivity index (χ0n) is 37.5. The first kappa shape index (κ1) is 45.5. The molecular weight excluding hydrogens is 765 g/mol. The van der Waals surface area contributed by atoms with Gasteiger partial charge in [0.1, 0.15) is 5.41 Å². The van der Waals surface area contributed by atoms with Gasteiger partial charge in [-0.2, -0.15) is 0 Å². The standard InChI is InChI=1S/C51H74O6Si2/c1-9-14-16-17-18-22-27-39-37-46-50(35-36-54-59(49(6,7)8,40-28-23-19-24-29-40)41-30-25-20-26-31-41)34-33-44(57-58(11-3,12-4)13-5)47-42(39)38-45(43(52)32-21-15-10-2)55-51(46,47)56-48(50)53/h9-10,14-15,19-20,23-26,28-31,33,37,39,42-43,45,47,52H,11-13,16-18,21-22,27,32,34-36,38H2,1-8H3/b14-9+,15-10+/t39?,42?,43-,45+,47?,50?,51?/m0/s1. The molecule has 0 amide bonds. The van der Waals surface area contributed by atoms with Gasteiger partial charge in [-0.1, -0.05) is 145 Å². The van der Waals surface area contributed by atoms with Crippen LogP contribution < -0.4 is 10.4 Å². The van der Waals surface area contributed by atoms with Crippen molar-refractivity contribution in [3.05, 3.63) is 108 Å². The van der Waals surface area contributed by atoms with E-state index in [9.17, 15) is 5.11 Å². The average molecular weight is 839 g/mol. The lowest BCUT2D eigenvalue weighted by Crippen LogP contribution is -2.66. The van der Waals surface area contributed by atoms with Gasteiger partial charge in [0, 0.05) is 12.2 Å². The Morgan fingerprint density at radius 2 is 1.53 bits per heavy atom. The highest BCUT2D eigenvalue weighted by Gasteiger charge is 2.73. The molecule has 5 bridgehead atoms. The molecule has 322 valence electrons. The van der Waals surface area contributed by atoms with E-state index in [4.69, 9.17) is 18.3 Å². The quantitative estimate of drug-likeness (QED) is 0.0584. The number of rotatable bonds is 21. The van der Waals surface area contributed by atoms with Crippen LogP contribution in [-0.2, 0) is 23.1 Å². The highest BCUT2D eigenvalue weighted by molar-refractivity contribution is 6.99. The van der Waals surface area contributed by atoms with Crippen molar-refractivity contribution < 1.29 is 28.2 Å². The number of hydrogen-bond donors (Lipinski definition) is 1. The number of benzene rings is 2. The number of aliphatic hydroxyl groups is 1. The van der Waals surface area contributed by atoms with Crippen molar-refractivity contribution >= 4 is 33.0 Å². The highest BCUT2D eigenvalue weighted by atomic mass is 28.4. The molecule has 7 atom stereocenters. The van der Waals surface area contributed by atoms with Gasteiger partial charge >= 0.3 is 5.97 Å². The summed E-state index contributed by atoms with van der Waals surface area (Å²) in [5.41, 5.74) is -0.0190. The number of hydrogen-bond acceptors (Lipinski definition) is 6. The third-order valence-corrected chi connectivity index (χ3v) is 24.1. The van der Waals surface area contributed by atoms with Gasteiger partial charge in [-0.15, -0.1) is 0 Å². The van der Waals surface area contributed by atoms with E-state index in [0.717, 1.165) is 68.0 Å². The molecule has 0 radical (unpaired) electrons. The molecule has 1 spiro atoms. The average Bonchev–Trinajstić information content (AvgIpc) is 3.42. The topological polar surface area (TPSA) is 74.2 Å². The van der Waals surface area contributed by atoms with Gasteiger partial charge in [-0.3, -0.25) is 4.79 Å². The van der Waals surface area contributed by atoms with Gasteiger partial charge in [0.15, 0.2) is 0 Å². The van der Waals surface area contributed by atoms with Crippen molar-refractivity contribution in [2.24, 2.45) is 23.2 Å². The maximum Gasteiger partial charge on any atom is 0.319 e. The summed E-state index contributed by atoms with van der Waals surface area (Å²) in [5.74, 6) is -0.504. The molecule has 59 heavy (non-hydrogen) atoms. The predicted octanol–water partition coefficient (Wildman–Crippen LogP) is 11.3. The van der Waals surface area contributed by atoms with E-state index < -0.39 is 40.0 Å². The predicted molar refractivity (Wildman–Crippen MR) is 246 cm³/mol. The highest BCUT2D eigenvalue weighted by Crippen LogP contribution is 2.66. The fraction of sp³-hybridized carbons (Fsp3) is 0.588. The smallest absolute Gasteiger partial charge is 0.319 e. The Hall–Kier alpha value is -3.02. The maximum atomic E-state index is 15.0. The fourth-order valence-electron chi connectivity index (χ4n) is 11.1.